The summed E-state index contributed by atoms with van der Waals surface area (Å²) in [6, 6.07) is -0.394. The number of aromatic nitrogens is 4. The van der Waals surface area contributed by atoms with Gasteiger partial charge in [0.25, 0.3) is 5.95 Å². The van der Waals surface area contributed by atoms with Crippen LogP contribution in [-0.4, -0.2) is 78.6 Å². The maximum atomic E-state index is 9.87. The summed E-state index contributed by atoms with van der Waals surface area (Å²) in [6.07, 6.45) is -0.178. The molecule has 0 aliphatic carbocycles. The largest absolute Gasteiger partial charge is 0.394 e. The van der Waals surface area contributed by atoms with E-state index in [1.54, 1.807) is 11.2 Å². The zero-order valence-electron chi connectivity index (χ0n) is 10.9. The summed E-state index contributed by atoms with van der Waals surface area (Å²) in [6.45, 7) is -0.240. The zero-order chi connectivity index (χ0) is 14.6. The molecule has 11 heteroatoms. The molecule has 3 aliphatic rings. The number of nitrogens with two attached hydrogens (primary N) is 1. The van der Waals surface area contributed by atoms with Gasteiger partial charge in [0.15, 0.2) is 6.17 Å². The Hall–Kier alpha value is -2.11. The van der Waals surface area contributed by atoms with Gasteiger partial charge in [-0.2, -0.15) is 9.67 Å². The summed E-state index contributed by atoms with van der Waals surface area (Å²) < 4.78 is 7.18. The second kappa shape index (κ2) is 4.44. The van der Waals surface area contributed by atoms with E-state index in [1.807, 2.05) is 0 Å². The second-order valence-electron chi connectivity index (χ2n) is 5.15. The van der Waals surface area contributed by atoms with Gasteiger partial charge in [-0.25, -0.2) is 0 Å². The number of amidine groups is 1. The second-order valence-corrected chi connectivity index (χ2v) is 5.15. The molecule has 5 atom stereocenters. The highest BCUT2D eigenvalue weighted by Crippen LogP contribution is 2.35. The van der Waals surface area contributed by atoms with Crippen molar-refractivity contribution in [3.63, 3.8) is 0 Å². The first-order chi connectivity index (χ1) is 10.2. The minimum Gasteiger partial charge on any atom is -0.394 e. The minimum absolute atomic E-state index is 0.240. The van der Waals surface area contributed by atoms with E-state index in [9.17, 15) is 10.2 Å². The van der Waals surface area contributed by atoms with Crippen LogP contribution in [0, 0.1) is 0 Å². The number of nitrogens with zero attached hydrogens (tertiary/aromatic N) is 7. The Morgan fingerprint density at radius 3 is 3.10 bits per heavy atom. The van der Waals surface area contributed by atoms with Gasteiger partial charge in [0.2, 0.25) is 0 Å². The molecule has 0 saturated carbocycles. The standard InChI is InChI=1S/C10H14N8O3/c11-8-7-9(18-10(13-8)14-15-16-18)17(3-12-7)6-1-4(20)5(2-19)21-6/h3-7,9,19-20H,1-2H2,(H2,11,13,14,16)/t4-,5+,6+,7?,9?/m0/s1. The van der Waals surface area contributed by atoms with Crippen LogP contribution in [0.2, 0.25) is 0 Å². The number of ether oxygens (including phenoxy) is 1. The lowest BCUT2D eigenvalue weighted by molar-refractivity contribution is -0.0722. The van der Waals surface area contributed by atoms with Gasteiger partial charge < -0.3 is 25.6 Å². The normalized spacial score (nSPS) is 37.5. The molecule has 0 aromatic carbocycles. The number of aliphatic hydroxyl groups is 2. The van der Waals surface area contributed by atoms with Gasteiger partial charge in [-0.3, -0.25) is 4.99 Å². The molecule has 11 nitrogen and oxygen atoms in total. The van der Waals surface area contributed by atoms with E-state index in [0.717, 1.165) is 0 Å². The van der Waals surface area contributed by atoms with Crippen LogP contribution < -0.4 is 5.73 Å². The summed E-state index contributed by atoms with van der Waals surface area (Å²) in [5.74, 6) is 0.639. The van der Waals surface area contributed by atoms with Gasteiger partial charge in [0, 0.05) is 6.42 Å². The minimum atomic E-state index is -0.726. The van der Waals surface area contributed by atoms with Crippen molar-refractivity contribution in [3.05, 3.63) is 0 Å². The van der Waals surface area contributed by atoms with E-state index in [4.69, 9.17) is 10.5 Å². The monoisotopic (exact) mass is 294 g/mol. The topological polar surface area (TPSA) is 147 Å². The van der Waals surface area contributed by atoms with Crippen LogP contribution in [-0.2, 0) is 4.74 Å². The number of hydrogen-bond donors (Lipinski definition) is 3. The maximum absolute atomic E-state index is 9.87. The third kappa shape index (κ3) is 1.74. The third-order valence-corrected chi connectivity index (χ3v) is 3.92. The number of hydrogen-bond acceptors (Lipinski definition) is 10. The van der Waals surface area contributed by atoms with Gasteiger partial charge >= 0.3 is 0 Å². The quantitative estimate of drug-likeness (QED) is 0.536. The zero-order valence-corrected chi connectivity index (χ0v) is 10.9. The van der Waals surface area contributed by atoms with Crippen LogP contribution in [0.4, 0.5) is 5.95 Å². The Balaban J connectivity index is 1.65. The molecule has 0 amide bonds. The van der Waals surface area contributed by atoms with Crippen LogP contribution in [0.15, 0.2) is 9.98 Å². The van der Waals surface area contributed by atoms with E-state index >= 15 is 0 Å². The van der Waals surface area contributed by atoms with Crippen molar-refractivity contribution in [2.75, 3.05) is 6.61 Å². The van der Waals surface area contributed by atoms with E-state index in [-0.39, 0.29) is 12.8 Å². The molecule has 21 heavy (non-hydrogen) atoms. The van der Waals surface area contributed by atoms with Gasteiger partial charge in [0.05, 0.1) is 19.0 Å². The van der Waals surface area contributed by atoms with Crippen LogP contribution >= 0.6 is 0 Å². The fourth-order valence-electron chi connectivity index (χ4n) is 2.87. The highest BCUT2D eigenvalue weighted by molar-refractivity contribution is 5.91. The van der Waals surface area contributed by atoms with E-state index in [1.165, 1.54) is 4.68 Å². The smallest absolute Gasteiger partial charge is 0.272 e. The molecule has 0 spiro atoms. The van der Waals surface area contributed by atoms with Gasteiger partial charge in [-0.05, 0) is 10.4 Å². The number of aliphatic hydroxyl groups excluding tert-OH is 2. The molecule has 112 valence electrons. The fraction of sp³-hybridized carbons (Fsp3) is 0.700. The highest BCUT2D eigenvalue weighted by Gasteiger charge is 2.47. The average molecular weight is 294 g/mol. The third-order valence-electron chi connectivity index (χ3n) is 3.92. The summed E-state index contributed by atoms with van der Waals surface area (Å²) >= 11 is 0. The molecule has 3 aliphatic heterocycles. The van der Waals surface area contributed by atoms with Crippen LogP contribution in [0.3, 0.4) is 0 Å². The molecule has 0 radical (unpaired) electrons. The molecular weight excluding hydrogens is 280 g/mol. The van der Waals surface area contributed by atoms with Gasteiger partial charge in [-0.15, -0.1) is 0 Å². The van der Waals surface area contributed by atoms with E-state index in [0.29, 0.717) is 18.2 Å². The molecule has 0 bridgehead atoms. The van der Waals surface area contributed by atoms with Crippen molar-refractivity contribution < 1.29 is 14.9 Å². The Morgan fingerprint density at radius 2 is 2.33 bits per heavy atom. The maximum Gasteiger partial charge on any atom is 0.272 e. The first-order valence-electron chi connectivity index (χ1n) is 6.56. The molecule has 1 aromatic rings. The first-order valence-corrected chi connectivity index (χ1v) is 6.56. The molecule has 1 aromatic heterocycles. The molecule has 1 fully saturated rings. The fourth-order valence-corrected chi connectivity index (χ4v) is 2.87. The van der Waals surface area contributed by atoms with Crippen molar-refractivity contribution in [3.8, 4) is 0 Å². The summed E-state index contributed by atoms with van der Waals surface area (Å²) in [7, 11) is 0. The number of tetrazole rings is 1. The van der Waals surface area contributed by atoms with E-state index in [2.05, 4.69) is 25.5 Å². The van der Waals surface area contributed by atoms with Crippen LogP contribution in [0.1, 0.15) is 12.6 Å². The van der Waals surface area contributed by atoms with Crippen molar-refractivity contribution in [2.24, 2.45) is 15.7 Å². The van der Waals surface area contributed by atoms with Gasteiger partial charge in [0.1, 0.15) is 24.2 Å². The van der Waals surface area contributed by atoms with Crippen molar-refractivity contribution in [2.45, 2.75) is 37.1 Å². The molecule has 1 saturated heterocycles. The lowest BCUT2D eigenvalue weighted by Crippen LogP contribution is -2.46. The van der Waals surface area contributed by atoms with Crippen molar-refractivity contribution >= 4 is 18.1 Å². The van der Waals surface area contributed by atoms with Crippen LogP contribution in [0.5, 0.6) is 0 Å². The van der Waals surface area contributed by atoms with Crippen LogP contribution in [0.25, 0.3) is 0 Å². The Labute approximate surface area is 118 Å². The predicted molar refractivity (Wildman–Crippen MR) is 68.6 cm³/mol. The molecule has 2 unspecified atom stereocenters. The average Bonchev–Trinajstić information content (AvgIpc) is 3.14. The summed E-state index contributed by atoms with van der Waals surface area (Å²) in [5, 5.41) is 30.4. The molecule has 4 rings (SSSR count). The van der Waals surface area contributed by atoms with Crippen molar-refractivity contribution in [1.82, 2.24) is 25.1 Å². The Morgan fingerprint density at radius 1 is 1.48 bits per heavy atom. The number of fused-ring (bicyclic) bond motifs is 3. The highest BCUT2D eigenvalue weighted by atomic mass is 16.5. The number of rotatable bonds is 2. The number of aliphatic imine (C=N–C) groups is 2. The molecule has 4 heterocycles. The summed E-state index contributed by atoms with van der Waals surface area (Å²) in [5.41, 5.74) is 5.91. The lowest BCUT2D eigenvalue weighted by atomic mass is 10.1. The molecule has 4 N–H and O–H groups in total. The first kappa shape index (κ1) is 12.6. The van der Waals surface area contributed by atoms with Gasteiger partial charge in [-0.1, -0.05) is 5.10 Å². The summed E-state index contributed by atoms with van der Waals surface area (Å²) in [4.78, 5) is 10.2. The van der Waals surface area contributed by atoms with E-state index < -0.39 is 24.5 Å². The Kier molecular flexibility index (Phi) is 2.67. The SMILES string of the molecule is NC1=Nc2nnnn2C2C1N=CN2[C@H]1C[C@H](O)[C@@H](CO)O1. The Bertz CT molecular complexity index is 615. The van der Waals surface area contributed by atoms with Crippen molar-refractivity contribution in [1.29, 1.82) is 0 Å². The molecular formula is C10H14N8O3. The lowest BCUT2D eigenvalue weighted by Gasteiger charge is -2.33. The predicted octanol–water partition coefficient (Wildman–Crippen LogP) is -2.65.